The zero-order valence-electron chi connectivity index (χ0n) is 12.8. The van der Waals surface area contributed by atoms with Crippen LogP contribution in [0.25, 0.3) is 0 Å². The van der Waals surface area contributed by atoms with Crippen molar-refractivity contribution < 1.29 is 9.15 Å². The summed E-state index contributed by atoms with van der Waals surface area (Å²) in [6.07, 6.45) is 1.05. The predicted octanol–water partition coefficient (Wildman–Crippen LogP) is 4.48. The first kappa shape index (κ1) is 16.1. The number of methoxy groups -OCH3 is 1. The normalized spacial score (nSPS) is 12.6. The number of furan rings is 1. The third-order valence-corrected chi connectivity index (χ3v) is 3.90. The van der Waals surface area contributed by atoms with Gasteiger partial charge in [0.25, 0.3) is 0 Å². The van der Waals surface area contributed by atoms with Gasteiger partial charge in [0.05, 0.1) is 6.04 Å². The number of benzene rings is 1. The summed E-state index contributed by atoms with van der Waals surface area (Å²) < 4.78 is 11.0. The fourth-order valence-corrected chi connectivity index (χ4v) is 2.55. The van der Waals surface area contributed by atoms with E-state index in [-0.39, 0.29) is 6.04 Å². The molecule has 1 N–H and O–H groups in total. The molecule has 0 saturated heterocycles. The summed E-state index contributed by atoms with van der Waals surface area (Å²) in [7, 11) is 1.66. The molecule has 2 aromatic rings. The molecule has 114 valence electrons. The first-order chi connectivity index (χ1) is 10.2. The van der Waals surface area contributed by atoms with Crippen LogP contribution in [0, 0.1) is 6.92 Å². The van der Waals surface area contributed by atoms with Gasteiger partial charge in [0.15, 0.2) is 0 Å². The maximum Gasteiger partial charge on any atom is 0.129 e. The SMILES string of the molecule is CCCNC(c1ccc(COC)o1)c1cccc(C)c1Cl. The van der Waals surface area contributed by atoms with Crippen molar-refractivity contribution in [1.82, 2.24) is 5.32 Å². The number of aryl methyl sites for hydroxylation is 1. The lowest BCUT2D eigenvalue weighted by Crippen LogP contribution is -2.23. The van der Waals surface area contributed by atoms with Crippen molar-refractivity contribution in [2.45, 2.75) is 32.9 Å². The minimum Gasteiger partial charge on any atom is -0.462 e. The fourth-order valence-electron chi connectivity index (χ4n) is 2.32. The Labute approximate surface area is 131 Å². The molecule has 21 heavy (non-hydrogen) atoms. The predicted molar refractivity (Wildman–Crippen MR) is 85.7 cm³/mol. The molecule has 0 aliphatic rings. The first-order valence-electron chi connectivity index (χ1n) is 7.23. The molecule has 0 saturated carbocycles. The molecule has 1 aromatic carbocycles. The summed E-state index contributed by atoms with van der Waals surface area (Å²) in [6, 6.07) is 9.98. The minimum atomic E-state index is -0.0389. The number of nitrogens with one attached hydrogen (secondary N) is 1. The van der Waals surface area contributed by atoms with Gasteiger partial charge in [0.1, 0.15) is 18.1 Å². The van der Waals surface area contributed by atoms with Crippen LogP contribution in [0.5, 0.6) is 0 Å². The maximum absolute atomic E-state index is 6.48. The van der Waals surface area contributed by atoms with Gasteiger partial charge in [0.2, 0.25) is 0 Å². The fraction of sp³-hybridized carbons (Fsp3) is 0.412. The van der Waals surface area contributed by atoms with Crippen molar-refractivity contribution >= 4 is 11.6 Å². The van der Waals surface area contributed by atoms with E-state index in [1.807, 2.05) is 37.3 Å². The van der Waals surface area contributed by atoms with Gasteiger partial charge in [-0.25, -0.2) is 0 Å². The van der Waals surface area contributed by atoms with E-state index in [0.717, 1.165) is 40.6 Å². The Balaban J connectivity index is 2.34. The highest BCUT2D eigenvalue weighted by atomic mass is 35.5. The van der Waals surface area contributed by atoms with Crippen molar-refractivity contribution in [1.29, 1.82) is 0 Å². The van der Waals surface area contributed by atoms with E-state index in [2.05, 4.69) is 12.2 Å². The number of hydrogen-bond acceptors (Lipinski definition) is 3. The van der Waals surface area contributed by atoms with Crippen molar-refractivity contribution in [3.8, 4) is 0 Å². The summed E-state index contributed by atoms with van der Waals surface area (Å²) in [4.78, 5) is 0. The summed E-state index contributed by atoms with van der Waals surface area (Å²) >= 11 is 6.48. The van der Waals surface area contributed by atoms with Crippen LogP contribution >= 0.6 is 11.6 Å². The molecular formula is C17H22ClNO2. The Morgan fingerprint density at radius 3 is 2.81 bits per heavy atom. The molecule has 1 atom stereocenters. The summed E-state index contributed by atoms with van der Waals surface area (Å²) in [6.45, 7) is 5.53. The lowest BCUT2D eigenvalue weighted by molar-refractivity contribution is 0.162. The molecule has 0 radical (unpaired) electrons. The van der Waals surface area contributed by atoms with Gasteiger partial charge in [-0.05, 0) is 43.1 Å². The van der Waals surface area contributed by atoms with Gasteiger partial charge < -0.3 is 14.5 Å². The second-order valence-corrected chi connectivity index (χ2v) is 5.48. The second kappa shape index (κ2) is 7.64. The van der Waals surface area contributed by atoms with Gasteiger partial charge in [-0.2, -0.15) is 0 Å². The maximum atomic E-state index is 6.48. The van der Waals surface area contributed by atoms with Gasteiger partial charge in [-0.3, -0.25) is 0 Å². The van der Waals surface area contributed by atoms with E-state index in [0.29, 0.717) is 6.61 Å². The van der Waals surface area contributed by atoms with Gasteiger partial charge in [0, 0.05) is 12.1 Å². The molecule has 0 aliphatic heterocycles. The van der Waals surface area contributed by atoms with Crippen LogP contribution in [0.15, 0.2) is 34.7 Å². The highest BCUT2D eigenvalue weighted by Gasteiger charge is 2.20. The average Bonchev–Trinajstić information content (AvgIpc) is 2.92. The largest absolute Gasteiger partial charge is 0.462 e. The molecule has 0 amide bonds. The smallest absolute Gasteiger partial charge is 0.129 e. The Kier molecular flexibility index (Phi) is 5.85. The minimum absolute atomic E-state index is 0.0389. The number of halogens is 1. The lowest BCUT2D eigenvalue weighted by atomic mass is 10.0. The van der Waals surface area contributed by atoms with Gasteiger partial charge in [-0.15, -0.1) is 0 Å². The highest BCUT2D eigenvalue weighted by molar-refractivity contribution is 6.32. The van der Waals surface area contributed by atoms with E-state index in [4.69, 9.17) is 20.8 Å². The van der Waals surface area contributed by atoms with E-state index in [9.17, 15) is 0 Å². The zero-order valence-corrected chi connectivity index (χ0v) is 13.5. The Morgan fingerprint density at radius 2 is 2.10 bits per heavy atom. The zero-order chi connectivity index (χ0) is 15.2. The van der Waals surface area contributed by atoms with E-state index in [1.54, 1.807) is 7.11 Å². The van der Waals surface area contributed by atoms with Gasteiger partial charge in [-0.1, -0.05) is 36.7 Å². The molecule has 0 fully saturated rings. The summed E-state index contributed by atoms with van der Waals surface area (Å²) in [5.74, 6) is 1.68. The van der Waals surface area contributed by atoms with Crippen molar-refractivity contribution in [3.63, 3.8) is 0 Å². The highest BCUT2D eigenvalue weighted by Crippen LogP contribution is 2.31. The molecule has 1 heterocycles. The lowest BCUT2D eigenvalue weighted by Gasteiger charge is -2.19. The molecule has 4 heteroatoms. The molecule has 0 bridgehead atoms. The van der Waals surface area contributed by atoms with Gasteiger partial charge >= 0.3 is 0 Å². The molecule has 0 spiro atoms. The number of rotatable bonds is 7. The average molecular weight is 308 g/mol. The Morgan fingerprint density at radius 1 is 1.29 bits per heavy atom. The summed E-state index contributed by atoms with van der Waals surface area (Å²) in [5, 5.41) is 4.29. The number of hydrogen-bond donors (Lipinski definition) is 1. The van der Waals surface area contributed by atoms with Crippen LogP contribution in [0.2, 0.25) is 5.02 Å². The second-order valence-electron chi connectivity index (χ2n) is 5.10. The van der Waals surface area contributed by atoms with Crippen molar-refractivity contribution in [2.75, 3.05) is 13.7 Å². The first-order valence-corrected chi connectivity index (χ1v) is 7.61. The molecule has 1 unspecified atom stereocenters. The molecule has 1 aromatic heterocycles. The molecular weight excluding hydrogens is 286 g/mol. The van der Waals surface area contributed by atoms with Crippen molar-refractivity contribution in [3.05, 3.63) is 58.0 Å². The quantitative estimate of drug-likeness (QED) is 0.819. The van der Waals surface area contributed by atoms with Crippen LogP contribution in [0.1, 0.15) is 42.0 Å². The van der Waals surface area contributed by atoms with Crippen LogP contribution in [-0.4, -0.2) is 13.7 Å². The molecule has 3 nitrogen and oxygen atoms in total. The van der Waals surface area contributed by atoms with Crippen LogP contribution < -0.4 is 5.32 Å². The topological polar surface area (TPSA) is 34.4 Å². The van der Waals surface area contributed by atoms with Crippen LogP contribution in [0.4, 0.5) is 0 Å². The van der Waals surface area contributed by atoms with E-state index < -0.39 is 0 Å². The third kappa shape index (κ3) is 3.88. The van der Waals surface area contributed by atoms with Crippen LogP contribution in [0.3, 0.4) is 0 Å². The van der Waals surface area contributed by atoms with Crippen LogP contribution in [-0.2, 0) is 11.3 Å². The Hall–Kier alpha value is -1.29. The monoisotopic (exact) mass is 307 g/mol. The van der Waals surface area contributed by atoms with E-state index in [1.165, 1.54) is 0 Å². The Bertz CT molecular complexity index is 580. The summed E-state index contributed by atoms with van der Waals surface area (Å²) in [5.41, 5.74) is 2.12. The standard InChI is InChI=1S/C17H22ClNO2/c1-4-10-19-17(14-7-5-6-12(2)16(14)18)15-9-8-13(21-15)11-20-3/h5-9,17,19H,4,10-11H2,1-3H3. The van der Waals surface area contributed by atoms with Crippen molar-refractivity contribution in [2.24, 2.45) is 0 Å². The number of ether oxygens (including phenoxy) is 1. The molecule has 0 aliphatic carbocycles. The molecule has 2 rings (SSSR count). The third-order valence-electron chi connectivity index (χ3n) is 3.38. The van der Waals surface area contributed by atoms with E-state index >= 15 is 0 Å².